The third kappa shape index (κ3) is 3.80. The van der Waals surface area contributed by atoms with Gasteiger partial charge in [0.05, 0.1) is 11.8 Å². The molecule has 1 aromatic carbocycles. The molecule has 0 aliphatic rings. The van der Waals surface area contributed by atoms with Gasteiger partial charge in [0.1, 0.15) is 5.75 Å². The normalized spacial score (nSPS) is 10.2. The molecule has 1 amide bonds. The predicted molar refractivity (Wildman–Crippen MR) is 75.7 cm³/mol. The Labute approximate surface area is 116 Å². The number of aryl methyl sites for hydroxylation is 1. The number of hydrogen-bond donors (Lipinski definition) is 3. The van der Waals surface area contributed by atoms with Gasteiger partial charge in [-0.1, -0.05) is 12.1 Å². The van der Waals surface area contributed by atoms with Gasteiger partial charge < -0.3 is 15.5 Å². The molecule has 3 N–H and O–H groups in total. The maximum atomic E-state index is 12.0. The van der Waals surface area contributed by atoms with E-state index in [1.807, 2.05) is 18.2 Å². The maximum absolute atomic E-state index is 12.0. The molecule has 0 spiro atoms. The number of nitrogens with one attached hydrogen (secondary N) is 1. The minimum Gasteiger partial charge on any atom is -0.506 e. The molecule has 2 aromatic rings. The van der Waals surface area contributed by atoms with E-state index in [-0.39, 0.29) is 18.3 Å². The van der Waals surface area contributed by atoms with Crippen LogP contribution in [0.4, 0.5) is 5.69 Å². The van der Waals surface area contributed by atoms with E-state index in [1.54, 1.807) is 6.07 Å². The van der Waals surface area contributed by atoms with Crippen molar-refractivity contribution in [2.75, 3.05) is 11.9 Å². The largest absolute Gasteiger partial charge is 0.506 e. The topological polar surface area (TPSA) is 82.5 Å². The molecule has 104 valence electrons. The van der Waals surface area contributed by atoms with Gasteiger partial charge >= 0.3 is 0 Å². The van der Waals surface area contributed by atoms with Crippen molar-refractivity contribution in [2.24, 2.45) is 0 Å². The molecule has 0 fully saturated rings. The van der Waals surface area contributed by atoms with Crippen LogP contribution in [0.5, 0.6) is 5.75 Å². The van der Waals surface area contributed by atoms with Crippen LogP contribution in [-0.2, 0) is 6.42 Å². The number of aliphatic hydroxyl groups excluding tert-OH is 1. The second kappa shape index (κ2) is 6.68. The Hall–Kier alpha value is -2.40. The molecule has 2 rings (SSSR count). The summed E-state index contributed by atoms with van der Waals surface area (Å²) in [6, 6.07) is 8.81. The van der Waals surface area contributed by atoms with Crippen LogP contribution < -0.4 is 5.32 Å². The summed E-state index contributed by atoms with van der Waals surface area (Å²) >= 11 is 0. The van der Waals surface area contributed by atoms with Crippen LogP contribution in [-0.4, -0.2) is 27.7 Å². The molecular formula is C15H16N2O3. The number of hydrogen-bond acceptors (Lipinski definition) is 4. The number of amides is 1. The summed E-state index contributed by atoms with van der Waals surface area (Å²) < 4.78 is 0. The summed E-state index contributed by atoms with van der Waals surface area (Å²) in [6.07, 6.45) is 4.11. The van der Waals surface area contributed by atoms with Gasteiger partial charge in [0.15, 0.2) is 0 Å². The Balaban J connectivity index is 2.07. The Morgan fingerprint density at radius 3 is 2.85 bits per heavy atom. The minimum atomic E-state index is -0.326. The van der Waals surface area contributed by atoms with E-state index < -0.39 is 0 Å². The monoisotopic (exact) mass is 272 g/mol. The zero-order valence-corrected chi connectivity index (χ0v) is 10.9. The van der Waals surface area contributed by atoms with E-state index in [9.17, 15) is 9.90 Å². The lowest BCUT2D eigenvalue weighted by molar-refractivity contribution is 0.102. The van der Waals surface area contributed by atoms with Gasteiger partial charge in [0.25, 0.3) is 5.91 Å². The van der Waals surface area contributed by atoms with Crippen molar-refractivity contribution in [2.45, 2.75) is 12.8 Å². The zero-order valence-electron chi connectivity index (χ0n) is 10.9. The molecule has 0 saturated heterocycles. The molecule has 0 aliphatic heterocycles. The summed E-state index contributed by atoms with van der Waals surface area (Å²) in [5.74, 6) is -0.373. The Bertz CT molecular complexity index is 599. The van der Waals surface area contributed by atoms with E-state index in [0.29, 0.717) is 17.7 Å². The molecule has 0 unspecified atom stereocenters. The van der Waals surface area contributed by atoms with Crippen LogP contribution in [0.15, 0.2) is 42.7 Å². The van der Waals surface area contributed by atoms with Crippen molar-refractivity contribution in [3.05, 3.63) is 53.9 Å². The quantitative estimate of drug-likeness (QED) is 0.777. The van der Waals surface area contributed by atoms with Crippen LogP contribution in [0, 0.1) is 0 Å². The lowest BCUT2D eigenvalue weighted by atomic mass is 10.1. The van der Waals surface area contributed by atoms with Crippen LogP contribution in [0.1, 0.15) is 22.3 Å². The summed E-state index contributed by atoms with van der Waals surface area (Å²) in [7, 11) is 0. The fraction of sp³-hybridized carbons (Fsp3) is 0.200. The van der Waals surface area contributed by atoms with Crippen molar-refractivity contribution < 1.29 is 15.0 Å². The molecule has 0 bridgehead atoms. The molecule has 1 aromatic heterocycles. The van der Waals surface area contributed by atoms with Crippen LogP contribution >= 0.6 is 0 Å². The number of anilines is 1. The molecule has 5 nitrogen and oxygen atoms in total. The van der Waals surface area contributed by atoms with Crippen molar-refractivity contribution in [1.82, 2.24) is 4.98 Å². The first-order chi connectivity index (χ1) is 9.69. The number of pyridine rings is 1. The van der Waals surface area contributed by atoms with Crippen molar-refractivity contribution >= 4 is 11.6 Å². The molecular weight excluding hydrogens is 256 g/mol. The second-order valence-corrected chi connectivity index (χ2v) is 4.41. The first-order valence-corrected chi connectivity index (χ1v) is 6.34. The minimum absolute atomic E-state index is 0.0469. The summed E-state index contributed by atoms with van der Waals surface area (Å²) in [5.41, 5.74) is 2.02. The lowest BCUT2D eigenvalue weighted by Gasteiger charge is -2.07. The molecule has 20 heavy (non-hydrogen) atoms. The van der Waals surface area contributed by atoms with E-state index in [0.717, 1.165) is 12.0 Å². The Morgan fingerprint density at radius 2 is 2.10 bits per heavy atom. The highest BCUT2D eigenvalue weighted by Gasteiger charge is 2.07. The fourth-order valence-electron chi connectivity index (χ4n) is 1.84. The van der Waals surface area contributed by atoms with Crippen LogP contribution in [0.25, 0.3) is 0 Å². The average molecular weight is 272 g/mol. The molecule has 0 aliphatic carbocycles. The van der Waals surface area contributed by atoms with E-state index in [1.165, 1.54) is 18.5 Å². The van der Waals surface area contributed by atoms with Gasteiger partial charge in [0, 0.05) is 18.5 Å². The third-order valence-corrected chi connectivity index (χ3v) is 2.79. The predicted octanol–water partition coefficient (Wildman–Crippen LogP) is 1.96. The van der Waals surface area contributed by atoms with E-state index in [4.69, 9.17) is 5.11 Å². The van der Waals surface area contributed by atoms with Gasteiger partial charge in [0.2, 0.25) is 0 Å². The van der Waals surface area contributed by atoms with Gasteiger partial charge in [-0.2, -0.15) is 0 Å². The number of aromatic hydroxyl groups is 1. The smallest absolute Gasteiger partial charge is 0.257 e. The standard InChI is InChI=1S/C15H16N2O3/c18-6-2-4-11-3-1-5-13(7-11)17-15(20)12-8-14(19)10-16-9-12/h1,3,5,7-10,18-19H,2,4,6H2,(H,17,20). The molecule has 5 heteroatoms. The van der Waals surface area contributed by atoms with Crippen molar-refractivity contribution in [3.8, 4) is 5.75 Å². The first-order valence-electron chi connectivity index (χ1n) is 6.34. The fourth-order valence-corrected chi connectivity index (χ4v) is 1.84. The number of aromatic nitrogens is 1. The van der Waals surface area contributed by atoms with Crippen LogP contribution in [0.2, 0.25) is 0 Å². The number of aliphatic hydroxyl groups is 1. The zero-order chi connectivity index (χ0) is 14.4. The van der Waals surface area contributed by atoms with Crippen molar-refractivity contribution in [3.63, 3.8) is 0 Å². The van der Waals surface area contributed by atoms with E-state index >= 15 is 0 Å². The highest BCUT2D eigenvalue weighted by Crippen LogP contribution is 2.15. The number of carbonyl (C=O) groups is 1. The summed E-state index contributed by atoms with van der Waals surface area (Å²) in [4.78, 5) is 15.8. The Morgan fingerprint density at radius 1 is 1.25 bits per heavy atom. The maximum Gasteiger partial charge on any atom is 0.257 e. The van der Waals surface area contributed by atoms with Gasteiger partial charge in [-0.3, -0.25) is 9.78 Å². The van der Waals surface area contributed by atoms with Gasteiger partial charge in [-0.15, -0.1) is 0 Å². The Kier molecular flexibility index (Phi) is 4.68. The van der Waals surface area contributed by atoms with Gasteiger partial charge in [-0.25, -0.2) is 0 Å². The molecule has 1 heterocycles. The first kappa shape index (κ1) is 14.0. The van der Waals surface area contributed by atoms with E-state index in [2.05, 4.69) is 10.3 Å². The number of rotatable bonds is 5. The van der Waals surface area contributed by atoms with Crippen molar-refractivity contribution in [1.29, 1.82) is 0 Å². The highest BCUT2D eigenvalue weighted by atomic mass is 16.3. The molecule has 0 atom stereocenters. The van der Waals surface area contributed by atoms with Gasteiger partial charge in [-0.05, 0) is 36.6 Å². The molecule has 0 saturated carbocycles. The summed E-state index contributed by atoms with van der Waals surface area (Å²) in [6.45, 7) is 0.144. The number of nitrogens with zero attached hydrogens (tertiary/aromatic N) is 1. The second-order valence-electron chi connectivity index (χ2n) is 4.41. The number of carbonyl (C=O) groups excluding carboxylic acids is 1. The molecule has 0 radical (unpaired) electrons. The average Bonchev–Trinajstić information content (AvgIpc) is 2.45. The lowest BCUT2D eigenvalue weighted by Crippen LogP contribution is -2.12. The third-order valence-electron chi connectivity index (χ3n) is 2.79. The SMILES string of the molecule is O=C(Nc1cccc(CCCO)c1)c1cncc(O)c1. The highest BCUT2D eigenvalue weighted by molar-refractivity contribution is 6.04. The van der Waals surface area contributed by atoms with Crippen LogP contribution in [0.3, 0.4) is 0 Å². The number of benzene rings is 1. The summed E-state index contributed by atoms with van der Waals surface area (Å²) in [5, 5.41) is 20.9.